The predicted molar refractivity (Wildman–Crippen MR) is 79.7 cm³/mol. The fourth-order valence-electron chi connectivity index (χ4n) is 1.78. The standard InChI is InChI=1S/C15H13ClN2O3/c1-9-5-12(16)6-10(2)14(9)21-15-17-7-11(8-18-15)3-4-13(19)20/h3-8H,1-2H3,(H,19,20)/b4-3+. The number of halogens is 1. The van der Waals surface area contributed by atoms with Gasteiger partial charge in [-0.15, -0.1) is 0 Å². The maximum absolute atomic E-state index is 10.4. The van der Waals surface area contributed by atoms with Crippen LogP contribution < -0.4 is 4.74 Å². The van der Waals surface area contributed by atoms with E-state index in [-0.39, 0.29) is 6.01 Å². The molecular weight excluding hydrogens is 292 g/mol. The lowest BCUT2D eigenvalue weighted by molar-refractivity contribution is -0.131. The Bertz CT molecular complexity index is 674. The Labute approximate surface area is 126 Å². The van der Waals surface area contributed by atoms with Crippen LogP contribution in [-0.4, -0.2) is 21.0 Å². The Balaban J connectivity index is 2.19. The molecule has 2 aromatic rings. The molecule has 0 radical (unpaired) electrons. The third kappa shape index (κ3) is 4.03. The van der Waals surface area contributed by atoms with E-state index in [2.05, 4.69) is 9.97 Å². The summed E-state index contributed by atoms with van der Waals surface area (Å²) in [6, 6.07) is 3.79. The first-order chi connectivity index (χ1) is 9.95. The molecule has 1 N–H and O–H groups in total. The molecule has 0 spiro atoms. The van der Waals surface area contributed by atoms with E-state index in [0.29, 0.717) is 16.3 Å². The Hall–Kier alpha value is -2.40. The van der Waals surface area contributed by atoms with Crippen molar-refractivity contribution >= 4 is 23.6 Å². The van der Waals surface area contributed by atoms with Crippen molar-refractivity contribution in [2.45, 2.75) is 13.8 Å². The number of benzene rings is 1. The first-order valence-electron chi connectivity index (χ1n) is 6.13. The van der Waals surface area contributed by atoms with Gasteiger partial charge in [-0.2, -0.15) is 0 Å². The highest BCUT2D eigenvalue weighted by Crippen LogP contribution is 2.29. The lowest BCUT2D eigenvalue weighted by atomic mass is 10.1. The second kappa shape index (κ2) is 6.37. The molecule has 108 valence electrons. The van der Waals surface area contributed by atoms with Crippen molar-refractivity contribution in [1.82, 2.24) is 9.97 Å². The van der Waals surface area contributed by atoms with E-state index in [1.165, 1.54) is 18.5 Å². The summed E-state index contributed by atoms with van der Waals surface area (Å²) in [5, 5.41) is 9.19. The lowest BCUT2D eigenvalue weighted by Crippen LogP contribution is -1.96. The highest BCUT2D eigenvalue weighted by atomic mass is 35.5. The van der Waals surface area contributed by atoms with Gasteiger partial charge in [0, 0.05) is 29.1 Å². The van der Waals surface area contributed by atoms with Gasteiger partial charge < -0.3 is 9.84 Å². The zero-order valence-electron chi connectivity index (χ0n) is 11.5. The van der Waals surface area contributed by atoms with E-state index in [4.69, 9.17) is 21.4 Å². The Morgan fingerprint density at radius 2 is 1.81 bits per heavy atom. The number of rotatable bonds is 4. The summed E-state index contributed by atoms with van der Waals surface area (Å²) < 4.78 is 5.65. The summed E-state index contributed by atoms with van der Waals surface area (Å²) in [4.78, 5) is 18.5. The molecule has 0 aliphatic carbocycles. The normalized spacial score (nSPS) is 10.8. The van der Waals surface area contributed by atoms with Gasteiger partial charge in [-0.1, -0.05) is 11.6 Å². The molecule has 0 unspecified atom stereocenters. The van der Waals surface area contributed by atoms with Crippen LogP contribution in [-0.2, 0) is 4.79 Å². The summed E-state index contributed by atoms with van der Waals surface area (Å²) in [6.07, 6.45) is 5.41. The molecule has 0 amide bonds. The highest BCUT2D eigenvalue weighted by Gasteiger charge is 2.08. The topological polar surface area (TPSA) is 72.3 Å². The number of aromatic nitrogens is 2. The molecule has 5 nitrogen and oxygen atoms in total. The second-order valence-corrected chi connectivity index (χ2v) is 4.88. The molecule has 0 saturated carbocycles. The van der Waals surface area contributed by atoms with E-state index >= 15 is 0 Å². The monoisotopic (exact) mass is 304 g/mol. The van der Waals surface area contributed by atoms with Crippen molar-refractivity contribution in [2.24, 2.45) is 0 Å². The zero-order valence-corrected chi connectivity index (χ0v) is 12.3. The van der Waals surface area contributed by atoms with Gasteiger partial charge in [0.25, 0.3) is 0 Å². The summed E-state index contributed by atoms with van der Waals surface area (Å²) in [6.45, 7) is 3.77. The third-order valence-corrected chi connectivity index (χ3v) is 2.90. The predicted octanol–water partition coefficient (Wildman–Crippen LogP) is 3.64. The lowest BCUT2D eigenvalue weighted by Gasteiger charge is -2.10. The number of aliphatic carboxylic acids is 1. The molecule has 0 atom stereocenters. The molecule has 0 aliphatic rings. The van der Waals surface area contributed by atoms with Crippen LogP contribution in [0.1, 0.15) is 16.7 Å². The van der Waals surface area contributed by atoms with Gasteiger partial charge in [0.05, 0.1) is 0 Å². The van der Waals surface area contributed by atoms with Gasteiger partial charge in [-0.25, -0.2) is 14.8 Å². The molecule has 1 aromatic carbocycles. The second-order valence-electron chi connectivity index (χ2n) is 4.44. The fraction of sp³-hybridized carbons (Fsp3) is 0.133. The van der Waals surface area contributed by atoms with Gasteiger partial charge in [0.2, 0.25) is 0 Å². The number of ether oxygens (including phenoxy) is 1. The Kier molecular flexibility index (Phi) is 4.55. The Morgan fingerprint density at radius 1 is 1.24 bits per heavy atom. The minimum atomic E-state index is -1.03. The molecule has 2 rings (SSSR count). The summed E-state index contributed by atoms with van der Waals surface area (Å²) in [7, 11) is 0. The molecule has 0 bridgehead atoms. The average molecular weight is 305 g/mol. The van der Waals surface area contributed by atoms with Crippen LogP contribution >= 0.6 is 11.6 Å². The number of carboxylic acid groups (broad SMARTS) is 1. The number of carboxylic acids is 1. The van der Waals surface area contributed by atoms with Crippen LogP contribution in [0.15, 0.2) is 30.6 Å². The maximum Gasteiger partial charge on any atom is 0.328 e. The number of aryl methyl sites for hydroxylation is 2. The van der Waals surface area contributed by atoms with E-state index < -0.39 is 5.97 Å². The minimum Gasteiger partial charge on any atom is -0.478 e. The molecule has 0 fully saturated rings. The zero-order chi connectivity index (χ0) is 15.4. The SMILES string of the molecule is Cc1cc(Cl)cc(C)c1Oc1ncc(/C=C/C(=O)O)cn1. The van der Waals surface area contributed by atoms with Crippen molar-refractivity contribution in [3.63, 3.8) is 0 Å². The number of nitrogens with zero attached hydrogens (tertiary/aromatic N) is 2. The minimum absolute atomic E-state index is 0.191. The molecule has 21 heavy (non-hydrogen) atoms. The largest absolute Gasteiger partial charge is 0.478 e. The third-order valence-electron chi connectivity index (χ3n) is 2.68. The maximum atomic E-state index is 10.4. The average Bonchev–Trinajstić information content (AvgIpc) is 2.41. The van der Waals surface area contributed by atoms with Gasteiger partial charge in [-0.3, -0.25) is 0 Å². The molecule has 0 saturated heterocycles. The van der Waals surface area contributed by atoms with E-state index in [0.717, 1.165) is 17.2 Å². The van der Waals surface area contributed by atoms with Crippen molar-refractivity contribution in [2.75, 3.05) is 0 Å². The van der Waals surface area contributed by atoms with Gasteiger partial charge in [0.1, 0.15) is 5.75 Å². The first-order valence-corrected chi connectivity index (χ1v) is 6.51. The summed E-state index contributed by atoms with van der Waals surface area (Å²) in [5.74, 6) is -0.365. The van der Waals surface area contributed by atoms with Crippen LogP contribution in [0.25, 0.3) is 6.08 Å². The van der Waals surface area contributed by atoms with Crippen LogP contribution in [0, 0.1) is 13.8 Å². The van der Waals surface area contributed by atoms with E-state index in [1.54, 1.807) is 12.1 Å². The van der Waals surface area contributed by atoms with Crippen molar-refractivity contribution in [1.29, 1.82) is 0 Å². The van der Waals surface area contributed by atoms with Crippen LogP contribution in [0.5, 0.6) is 11.8 Å². The molecule has 0 aliphatic heterocycles. The summed E-state index contributed by atoms with van der Waals surface area (Å²) >= 11 is 5.96. The number of hydrogen-bond donors (Lipinski definition) is 1. The first kappa shape index (κ1) is 15.0. The van der Waals surface area contributed by atoms with E-state index in [9.17, 15) is 4.79 Å². The number of carbonyl (C=O) groups is 1. The van der Waals surface area contributed by atoms with E-state index in [1.807, 2.05) is 13.8 Å². The quantitative estimate of drug-likeness (QED) is 0.873. The van der Waals surface area contributed by atoms with Crippen molar-refractivity contribution in [3.8, 4) is 11.8 Å². The van der Waals surface area contributed by atoms with Crippen molar-refractivity contribution < 1.29 is 14.6 Å². The fourth-order valence-corrected chi connectivity index (χ4v) is 2.11. The smallest absolute Gasteiger partial charge is 0.328 e. The highest BCUT2D eigenvalue weighted by molar-refractivity contribution is 6.30. The van der Waals surface area contributed by atoms with Gasteiger partial charge in [0.15, 0.2) is 0 Å². The Morgan fingerprint density at radius 3 is 2.33 bits per heavy atom. The van der Waals surface area contributed by atoms with Gasteiger partial charge >= 0.3 is 12.0 Å². The van der Waals surface area contributed by atoms with Crippen LogP contribution in [0.4, 0.5) is 0 Å². The van der Waals surface area contributed by atoms with Crippen LogP contribution in [0.3, 0.4) is 0 Å². The molecule has 6 heteroatoms. The molecule has 1 aromatic heterocycles. The molecular formula is C15H13ClN2O3. The summed E-state index contributed by atoms with van der Waals surface area (Å²) in [5.41, 5.74) is 2.35. The number of hydrogen-bond acceptors (Lipinski definition) is 4. The molecule has 1 heterocycles. The van der Waals surface area contributed by atoms with Gasteiger partial charge in [-0.05, 0) is 43.2 Å². The van der Waals surface area contributed by atoms with Crippen molar-refractivity contribution in [3.05, 3.63) is 52.3 Å². The van der Waals surface area contributed by atoms with Crippen LogP contribution in [0.2, 0.25) is 5.02 Å².